The molecule has 0 bridgehead atoms. The summed E-state index contributed by atoms with van der Waals surface area (Å²) in [4.78, 5) is 10.5. The highest BCUT2D eigenvalue weighted by molar-refractivity contribution is 5.72. The molecular formula is C9H14N4O. The fraction of sp³-hybridized carbons (Fsp3) is 0.556. The summed E-state index contributed by atoms with van der Waals surface area (Å²) in [5.74, 6) is 1.55. The van der Waals surface area contributed by atoms with Crippen LogP contribution in [0.2, 0.25) is 0 Å². The van der Waals surface area contributed by atoms with Crippen LogP contribution >= 0.6 is 0 Å². The lowest BCUT2D eigenvalue weighted by molar-refractivity contribution is 0.398. The van der Waals surface area contributed by atoms with Gasteiger partial charge in [0.05, 0.1) is 7.11 Å². The molecule has 0 atom stereocenters. The van der Waals surface area contributed by atoms with Crippen molar-refractivity contribution >= 4 is 11.5 Å². The molecule has 0 fully saturated rings. The predicted molar refractivity (Wildman–Crippen MR) is 55.0 cm³/mol. The van der Waals surface area contributed by atoms with Crippen LogP contribution in [0.1, 0.15) is 6.92 Å². The molecule has 1 N–H and O–H groups in total. The highest BCUT2D eigenvalue weighted by Gasteiger charge is 2.20. The zero-order chi connectivity index (χ0) is 9.97. The Morgan fingerprint density at radius 3 is 3.14 bits per heavy atom. The van der Waals surface area contributed by atoms with E-state index in [1.54, 1.807) is 7.11 Å². The number of ether oxygens (including phenoxy) is 1. The van der Waals surface area contributed by atoms with Crippen molar-refractivity contribution in [2.45, 2.75) is 6.92 Å². The Morgan fingerprint density at radius 1 is 1.57 bits per heavy atom. The van der Waals surface area contributed by atoms with E-state index < -0.39 is 0 Å². The van der Waals surface area contributed by atoms with Crippen molar-refractivity contribution in [3.05, 3.63) is 6.33 Å². The molecule has 0 saturated heterocycles. The molecule has 0 aliphatic carbocycles. The number of anilines is 2. The number of likely N-dealkylation sites (N-methyl/N-ethyl adjacent to an activating group) is 1. The Bertz CT molecular complexity index is 329. The van der Waals surface area contributed by atoms with Gasteiger partial charge in [-0.2, -0.15) is 4.98 Å². The lowest BCUT2D eigenvalue weighted by Crippen LogP contribution is -2.34. The van der Waals surface area contributed by atoms with Gasteiger partial charge in [0.25, 0.3) is 0 Å². The van der Waals surface area contributed by atoms with Crippen LogP contribution in [-0.4, -0.2) is 36.7 Å². The highest BCUT2D eigenvalue weighted by Crippen LogP contribution is 2.32. The van der Waals surface area contributed by atoms with E-state index in [1.165, 1.54) is 6.33 Å². The average molecular weight is 194 g/mol. The van der Waals surface area contributed by atoms with Crippen molar-refractivity contribution < 1.29 is 4.74 Å². The molecule has 2 heterocycles. The van der Waals surface area contributed by atoms with E-state index in [0.29, 0.717) is 5.88 Å². The molecule has 0 spiro atoms. The summed E-state index contributed by atoms with van der Waals surface area (Å²) in [6, 6.07) is 0. The number of methoxy groups -OCH3 is 1. The van der Waals surface area contributed by atoms with Gasteiger partial charge < -0.3 is 15.0 Å². The van der Waals surface area contributed by atoms with Gasteiger partial charge in [-0.05, 0) is 6.92 Å². The second-order valence-corrected chi connectivity index (χ2v) is 3.09. The SMILES string of the molecule is CCN1CCNc2c(OC)ncnc21. The van der Waals surface area contributed by atoms with Gasteiger partial charge in [0.2, 0.25) is 5.88 Å². The van der Waals surface area contributed by atoms with Gasteiger partial charge in [-0.1, -0.05) is 0 Å². The molecule has 0 unspecified atom stereocenters. The smallest absolute Gasteiger partial charge is 0.242 e. The molecule has 1 aromatic rings. The fourth-order valence-corrected chi connectivity index (χ4v) is 1.64. The molecule has 0 radical (unpaired) electrons. The first kappa shape index (κ1) is 9.05. The molecule has 0 amide bonds. The summed E-state index contributed by atoms with van der Waals surface area (Å²) in [5, 5.41) is 3.25. The summed E-state index contributed by atoms with van der Waals surface area (Å²) in [6.07, 6.45) is 1.54. The Morgan fingerprint density at radius 2 is 2.43 bits per heavy atom. The number of aromatic nitrogens is 2. The van der Waals surface area contributed by atoms with Gasteiger partial charge in [-0.15, -0.1) is 0 Å². The minimum atomic E-state index is 0.619. The van der Waals surface area contributed by atoms with E-state index in [9.17, 15) is 0 Å². The fourth-order valence-electron chi connectivity index (χ4n) is 1.64. The summed E-state index contributed by atoms with van der Waals surface area (Å²) in [5.41, 5.74) is 0.906. The monoisotopic (exact) mass is 194 g/mol. The van der Waals surface area contributed by atoms with Crippen LogP contribution in [0.15, 0.2) is 6.33 Å². The second kappa shape index (κ2) is 3.69. The average Bonchev–Trinajstić information content (AvgIpc) is 2.27. The van der Waals surface area contributed by atoms with Crippen molar-refractivity contribution in [3.8, 4) is 5.88 Å². The quantitative estimate of drug-likeness (QED) is 0.752. The van der Waals surface area contributed by atoms with E-state index in [1.807, 2.05) is 0 Å². The normalized spacial score (nSPS) is 14.6. The van der Waals surface area contributed by atoms with Crippen LogP contribution in [0.5, 0.6) is 5.88 Å². The Hall–Kier alpha value is -1.52. The summed E-state index contributed by atoms with van der Waals surface area (Å²) in [6.45, 7) is 4.95. The standard InChI is InChI=1S/C9H14N4O/c1-3-13-5-4-10-7-8(13)11-6-12-9(7)14-2/h6,10H,3-5H2,1-2H3. The van der Waals surface area contributed by atoms with Gasteiger partial charge in [0.15, 0.2) is 5.82 Å². The second-order valence-electron chi connectivity index (χ2n) is 3.09. The van der Waals surface area contributed by atoms with Crippen LogP contribution in [0.3, 0.4) is 0 Å². The number of hydrogen-bond donors (Lipinski definition) is 1. The zero-order valence-corrected chi connectivity index (χ0v) is 8.45. The van der Waals surface area contributed by atoms with E-state index in [4.69, 9.17) is 4.74 Å². The molecule has 5 heteroatoms. The number of rotatable bonds is 2. The maximum absolute atomic E-state index is 5.17. The summed E-state index contributed by atoms with van der Waals surface area (Å²) >= 11 is 0. The van der Waals surface area contributed by atoms with E-state index >= 15 is 0 Å². The lowest BCUT2D eigenvalue weighted by Gasteiger charge is -2.29. The molecule has 1 aliphatic heterocycles. The van der Waals surface area contributed by atoms with Crippen molar-refractivity contribution in [2.24, 2.45) is 0 Å². The topological polar surface area (TPSA) is 50.3 Å². The molecule has 76 valence electrons. The minimum absolute atomic E-state index is 0.619. The zero-order valence-electron chi connectivity index (χ0n) is 8.45. The van der Waals surface area contributed by atoms with Gasteiger partial charge in [-0.25, -0.2) is 4.98 Å². The number of fused-ring (bicyclic) bond motifs is 1. The van der Waals surface area contributed by atoms with Gasteiger partial charge in [-0.3, -0.25) is 0 Å². The maximum atomic E-state index is 5.17. The molecule has 1 aliphatic rings. The first-order chi connectivity index (χ1) is 6.86. The van der Waals surface area contributed by atoms with Gasteiger partial charge in [0.1, 0.15) is 12.0 Å². The van der Waals surface area contributed by atoms with E-state index in [-0.39, 0.29) is 0 Å². The Kier molecular flexibility index (Phi) is 2.39. The molecule has 14 heavy (non-hydrogen) atoms. The molecule has 0 aromatic carbocycles. The number of hydrogen-bond acceptors (Lipinski definition) is 5. The third-order valence-electron chi connectivity index (χ3n) is 2.35. The van der Waals surface area contributed by atoms with Crippen LogP contribution in [-0.2, 0) is 0 Å². The van der Waals surface area contributed by atoms with Crippen LogP contribution in [0.25, 0.3) is 0 Å². The minimum Gasteiger partial charge on any atom is -0.479 e. The van der Waals surface area contributed by atoms with Crippen molar-refractivity contribution in [3.63, 3.8) is 0 Å². The molecular weight excluding hydrogens is 180 g/mol. The molecule has 1 aromatic heterocycles. The first-order valence-electron chi connectivity index (χ1n) is 4.74. The number of nitrogens with one attached hydrogen (secondary N) is 1. The van der Waals surface area contributed by atoms with E-state index in [2.05, 4.69) is 27.1 Å². The maximum Gasteiger partial charge on any atom is 0.242 e. The van der Waals surface area contributed by atoms with E-state index in [0.717, 1.165) is 31.1 Å². The predicted octanol–water partition coefficient (Wildman–Crippen LogP) is 0.737. The largest absolute Gasteiger partial charge is 0.479 e. The lowest BCUT2D eigenvalue weighted by atomic mass is 10.3. The van der Waals surface area contributed by atoms with Crippen molar-refractivity contribution in [1.82, 2.24) is 9.97 Å². The molecule has 2 rings (SSSR count). The highest BCUT2D eigenvalue weighted by atomic mass is 16.5. The first-order valence-corrected chi connectivity index (χ1v) is 4.74. The van der Waals surface area contributed by atoms with Crippen LogP contribution < -0.4 is 15.0 Å². The van der Waals surface area contributed by atoms with Crippen molar-refractivity contribution in [2.75, 3.05) is 37.0 Å². The van der Waals surface area contributed by atoms with Crippen molar-refractivity contribution in [1.29, 1.82) is 0 Å². The van der Waals surface area contributed by atoms with Gasteiger partial charge in [0, 0.05) is 19.6 Å². The van der Waals surface area contributed by atoms with Crippen LogP contribution in [0, 0.1) is 0 Å². The van der Waals surface area contributed by atoms with Crippen LogP contribution in [0.4, 0.5) is 11.5 Å². The summed E-state index contributed by atoms with van der Waals surface area (Å²) in [7, 11) is 1.62. The van der Waals surface area contributed by atoms with Gasteiger partial charge >= 0.3 is 0 Å². The summed E-state index contributed by atoms with van der Waals surface area (Å²) < 4.78 is 5.17. The third-order valence-corrected chi connectivity index (χ3v) is 2.35. The molecule has 0 saturated carbocycles. The Labute approximate surface area is 83.1 Å². The Balaban J connectivity index is 2.43. The molecule has 5 nitrogen and oxygen atoms in total. The number of nitrogens with zero attached hydrogens (tertiary/aromatic N) is 3. The third kappa shape index (κ3) is 1.34.